The minimum absolute atomic E-state index is 0.0668. The Morgan fingerprint density at radius 1 is 1.03 bits per heavy atom. The highest BCUT2D eigenvalue weighted by Gasteiger charge is 2.65. The summed E-state index contributed by atoms with van der Waals surface area (Å²) in [5, 5.41) is 44.4. The van der Waals surface area contributed by atoms with Gasteiger partial charge in [0.2, 0.25) is 5.91 Å². The fourth-order valence-corrected chi connectivity index (χ4v) is 8.95. The number of hydrogen-bond acceptors (Lipinski definition) is 5. The van der Waals surface area contributed by atoms with Gasteiger partial charge in [-0.25, -0.2) is 0 Å². The van der Waals surface area contributed by atoms with Crippen molar-refractivity contribution in [3.05, 3.63) is 0 Å². The van der Waals surface area contributed by atoms with E-state index in [2.05, 4.69) is 26.1 Å². The highest BCUT2D eigenvalue weighted by atomic mass is 16.4. The van der Waals surface area contributed by atoms with Crippen molar-refractivity contribution in [2.75, 3.05) is 6.54 Å². The predicted molar refractivity (Wildman–Crippen MR) is 123 cm³/mol. The molecule has 0 saturated heterocycles. The first-order valence-corrected chi connectivity index (χ1v) is 13.0. The number of carboxylic acids is 1. The highest BCUT2D eigenvalue weighted by Crippen LogP contribution is 2.68. The Morgan fingerprint density at radius 2 is 1.76 bits per heavy atom. The summed E-state index contributed by atoms with van der Waals surface area (Å²) in [5.41, 5.74) is -0.214. The van der Waals surface area contributed by atoms with Crippen molar-refractivity contribution in [1.82, 2.24) is 5.32 Å². The standard InChI is InChI=1S/C26H43NO6/c1-14(4-7-22(31)27-13-23(32)33)17-5-6-18-24-19(12-21(30)26(17,18)3)25(2)9-8-16(28)10-15(25)11-20(24)29/h14-21,24,28-30H,4-13H2,1-3H3,(H,27,31)(H,32,33)/t14-,15-,16+,17-,18+,19+,20-,21-,24+,25+,26-/m1/s1. The fourth-order valence-electron chi connectivity index (χ4n) is 8.95. The lowest BCUT2D eigenvalue weighted by Gasteiger charge is -2.63. The molecule has 0 aromatic rings. The first-order valence-electron chi connectivity index (χ1n) is 13.0. The van der Waals surface area contributed by atoms with E-state index in [9.17, 15) is 24.9 Å². The molecule has 188 valence electrons. The molecule has 0 aliphatic heterocycles. The molecule has 33 heavy (non-hydrogen) atoms. The summed E-state index contributed by atoms with van der Waals surface area (Å²) in [5.74, 6) is 0.265. The van der Waals surface area contributed by atoms with Crippen LogP contribution in [-0.4, -0.2) is 57.2 Å². The number of carbonyl (C=O) groups is 2. The fraction of sp³-hybridized carbons (Fsp3) is 0.923. The van der Waals surface area contributed by atoms with Gasteiger partial charge < -0.3 is 25.7 Å². The first kappa shape index (κ1) is 24.9. The van der Waals surface area contributed by atoms with Gasteiger partial charge in [0.15, 0.2) is 0 Å². The molecule has 0 heterocycles. The molecule has 0 aromatic heterocycles. The van der Waals surface area contributed by atoms with Gasteiger partial charge in [-0.15, -0.1) is 0 Å². The predicted octanol–water partition coefficient (Wildman–Crippen LogP) is 2.56. The van der Waals surface area contributed by atoms with E-state index in [1.54, 1.807) is 0 Å². The van der Waals surface area contributed by atoms with E-state index in [0.717, 1.165) is 38.5 Å². The third-order valence-electron chi connectivity index (χ3n) is 10.8. The molecule has 5 N–H and O–H groups in total. The largest absolute Gasteiger partial charge is 0.480 e. The van der Waals surface area contributed by atoms with Gasteiger partial charge in [-0.05, 0) is 97.7 Å². The average Bonchev–Trinajstić information content (AvgIpc) is 3.11. The number of aliphatic carboxylic acids is 1. The second-order valence-corrected chi connectivity index (χ2v) is 12.2. The molecule has 1 amide bonds. The molecule has 0 radical (unpaired) electrons. The van der Waals surface area contributed by atoms with E-state index in [1.165, 1.54) is 0 Å². The van der Waals surface area contributed by atoms with E-state index in [-0.39, 0.29) is 65.1 Å². The summed E-state index contributed by atoms with van der Waals surface area (Å²) < 4.78 is 0. The number of hydrogen-bond donors (Lipinski definition) is 5. The maximum absolute atomic E-state index is 12.0. The van der Waals surface area contributed by atoms with Crippen molar-refractivity contribution in [2.45, 2.75) is 96.9 Å². The van der Waals surface area contributed by atoms with Crippen molar-refractivity contribution in [1.29, 1.82) is 0 Å². The number of carboxylic acid groups (broad SMARTS) is 1. The maximum Gasteiger partial charge on any atom is 0.322 e. The first-order chi connectivity index (χ1) is 15.5. The van der Waals surface area contributed by atoms with Gasteiger partial charge in [-0.2, -0.15) is 0 Å². The van der Waals surface area contributed by atoms with Gasteiger partial charge in [-0.1, -0.05) is 20.8 Å². The number of aliphatic hydroxyl groups excluding tert-OH is 3. The van der Waals surface area contributed by atoms with E-state index >= 15 is 0 Å². The van der Waals surface area contributed by atoms with Crippen LogP contribution in [0.2, 0.25) is 0 Å². The molecule has 7 heteroatoms. The number of aliphatic hydroxyl groups is 3. The van der Waals surface area contributed by atoms with Crippen molar-refractivity contribution in [2.24, 2.45) is 46.3 Å². The Hall–Kier alpha value is -1.18. The number of fused-ring (bicyclic) bond motifs is 5. The van der Waals surface area contributed by atoms with Crippen LogP contribution in [0.3, 0.4) is 0 Å². The van der Waals surface area contributed by atoms with Gasteiger partial charge in [-0.3, -0.25) is 9.59 Å². The summed E-state index contributed by atoms with van der Waals surface area (Å²) in [6, 6.07) is 0. The number of amides is 1. The van der Waals surface area contributed by atoms with E-state index in [1.807, 2.05) is 0 Å². The lowest BCUT2D eigenvalue weighted by molar-refractivity contribution is -0.207. The van der Waals surface area contributed by atoms with Crippen molar-refractivity contribution in [3.63, 3.8) is 0 Å². The summed E-state index contributed by atoms with van der Waals surface area (Å²) in [6.07, 6.45) is 5.86. The molecule has 11 atom stereocenters. The molecule has 4 aliphatic rings. The summed E-state index contributed by atoms with van der Waals surface area (Å²) in [7, 11) is 0. The quantitative estimate of drug-likeness (QED) is 0.410. The molecule has 0 spiro atoms. The number of carbonyl (C=O) groups excluding carboxylic acids is 1. The molecular weight excluding hydrogens is 422 g/mol. The monoisotopic (exact) mass is 465 g/mol. The van der Waals surface area contributed by atoms with Crippen molar-refractivity contribution >= 4 is 11.9 Å². The van der Waals surface area contributed by atoms with Crippen LogP contribution in [0.4, 0.5) is 0 Å². The van der Waals surface area contributed by atoms with Crippen LogP contribution < -0.4 is 5.32 Å². The molecule has 4 aliphatic carbocycles. The van der Waals surface area contributed by atoms with Gasteiger partial charge in [0, 0.05) is 6.42 Å². The summed E-state index contributed by atoms with van der Waals surface area (Å²) in [6.45, 7) is 6.35. The number of rotatable bonds is 6. The minimum atomic E-state index is -1.04. The van der Waals surface area contributed by atoms with Crippen LogP contribution in [0.15, 0.2) is 0 Å². The lowest BCUT2D eigenvalue weighted by Crippen LogP contribution is -2.62. The zero-order chi connectivity index (χ0) is 24.1. The van der Waals surface area contributed by atoms with Crippen molar-refractivity contribution in [3.8, 4) is 0 Å². The summed E-state index contributed by atoms with van der Waals surface area (Å²) >= 11 is 0. The Morgan fingerprint density at radius 3 is 2.45 bits per heavy atom. The molecule has 4 rings (SSSR count). The zero-order valence-electron chi connectivity index (χ0n) is 20.4. The highest BCUT2D eigenvalue weighted by molar-refractivity contribution is 5.81. The Labute approximate surface area is 197 Å². The van der Waals surface area contributed by atoms with Crippen LogP contribution in [0, 0.1) is 46.3 Å². The van der Waals surface area contributed by atoms with E-state index < -0.39 is 12.1 Å². The Bertz CT molecular complexity index is 759. The SMILES string of the molecule is C[C@H](CCC(=O)NCC(=O)O)[C@H]1CC[C@H]2[C@@H]3[C@H](O)C[C@H]4C[C@@H](O)CC[C@]4(C)[C@H]3C[C@@H](O)[C@]12C. The molecular formula is C26H43NO6. The normalized spacial score (nSPS) is 47.7. The molecule has 0 unspecified atom stereocenters. The van der Waals surface area contributed by atoms with Crippen LogP contribution in [0.1, 0.15) is 78.6 Å². The summed E-state index contributed by atoms with van der Waals surface area (Å²) in [4.78, 5) is 22.7. The zero-order valence-corrected chi connectivity index (χ0v) is 20.4. The smallest absolute Gasteiger partial charge is 0.322 e. The minimum Gasteiger partial charge on any atom is -0.480 e. The van der Waals surface area contributed by atoms with Crippen LogP contribution in [-0.2, 0) is 9.59 Å². The van der Waals surface area contributed by atoms with Crippen molar-refractivity contribution < 1.29 is 30.0 Å². The van der Waals surface area contributed by atoms with Gasteiger partial charge in [0.25, 0.3) is 0 Å². The second-order valence-electron chi connectivity index (χ2n) is 12.2. The molecule has 7 nitrogen and oxygen atoms in total. The average molecular weight is 466 g/mol. The second kappa shape index (κ2) is 9.12. The van der Waals surface area contributed by atoms with Crippen LogP contribution in [0.25, 0.3) is 0 Å². The Kier molecular flexibility index (Phi) is 6.89. The topological polar surface area (TPSA) is 127 Å². The van der Waals surface area contributed by atoms with Gasteiger partial charge in [0.1, 0.15) is 6.54 Å². The van der Waals surface area contributed by atoms with Gasteiger partial charge in [0.05, 0.1) is 18.3 Å². The molecule has 0 aromatic carbocycles. The van der Waals surface area contributed by atoms with E-state index in [0.29, 0.717) is 25.2 Å². The van der Waals surface area contributed by atoms with Crippen LogP contribution in [0.5, 0.6) is 0 Å². The Balaban J connectivity index is 1.49. The lowest BCUT2D eigenvalue weighted by atomic mass is 9.43. The van der Waals surface area contributed by atoms with Gasteiger partial charge >= 0.3 is 5.97 Å². The third-order valence-corrected chi connectivity index (χ3v) is 10.8. The third kappa shape index (κ3) is 4.23. The van der Waals surface area contributed by atoms with Crippen LogP contribution >= 0.6 is 0 Å². The number of nitrogens with one attached hydrogen (secondary N) is 1. The molecule has 4 fully saturated rings. The molecule has 4 saturated carbocycles. The maximum atomic E-state index is 12.0. The molecule has 0 bridgehead atoms. The van der Waals surface area contributed by atoms with E-state index in [4.69, 9.17) is 5.11 Å².